The van der Waals surface area contributed by atoms with E-state index in [9.17, 15) is 22.4 Å². The summed E-state index contributed by atoms with van der Waals surface area (Å²) in [4.78, 5) is 14.1. The van der Waals surface area contributed by atoms with Crippen LogP contribution in [0.25, 0.3) is 0 Å². The molecule has 146 valence electrons. The molecular weight excluding hydrogens is 386 g/mol. The first-order chi connectivity index (χ1) is 12.3. The van der Waals surface area contributed by atoms with Crippen LogP contribution in [0.4, 0.5) is 17.6 Å². The highest BCUT2D eigenvalue weighted by molar-refractivity contribution is 6.09. The second kappa shape index (κ2) is 10.1. The average Bonchev–Trinajstić information content (AvgIpc) is 2.56. The van der Waals surface area contributed by atoms with Crippen molar-refractivity contribution in [2.75, 3.05) is 27.2 Å². The molecule has 0 aromatic heterocycles. The largest absolute Gasteiger partial charge is 0.486 e. The van der Waals surface area contributed by atoms with E-state index in [4.69, 9.17) is 4.74 Å². The third kappa shape index (κ3) is 6.08. The van der Waals surface area contributed by atoms with Crippen LogP contribution in [0, 0.1) is 23.3 Å². The minimum absolute atomic E-state index is 0. The number of carbonyl (C=O) groups excluding carboxylic acids is 1. The number of nitrogens with zero attached hydrogens (tertiary/aromatic N) is 1. The summed E-state index contributed by atoms with van der Waals surface area (Å²) in [6.07, 6.45) is 3.44. The highest BCUT2D eigenvalue weighted by atomic mass is 35.5. The van der Waals surface area contributed by atoms with Crippen molar-refractivity contribution >= 4 is 18.2 Å². The van der Waals surface area contributed by atoms with Crippen molar-refractivity contribution in [1.29, 1.82) is 0 Å². The second-order valence-electron chi connectivity index (χ2n) is 5.76. The first-order valence-corrected chi connectivity index (χ1v) is 7.71. The van der Waals surface area contributed by atoms with Crippen LogP contribution >= 0.6 is 12.4 Å². The van der Waals surface area contributed by atoms with Gasteiger partial charge in [0.15, 0.2) is 17.3 Å². The zero-order valence-corrected chi connectivity index (χ0v) is 15.5. The van der Waals surface area contributed by atoms with Crippen LogP contribution in [-0.4, -0.2) is 37.9 Å². The van der Waals surface area contributed by atoms with Crippen LogP contribution in [0.3, 0.4) is 0 Å². The van der Waals surface area contributed by atoms with Gasteiger partial charge in [0, 0.05) is 18.7 Å². The van der Waals surface area contributed by atoms with Gasteiger partial charge in [-0.3, -0.25) is 4.79 Å². The van der Waals surface area contributed by atoms with E-state index in [1.807, 2.05) is 19.0 Å². The molecule has 2 rings (SSSR count). The Balaban J connectivity index is 0.00000364. The normalized spacial score (nSPS) is 10.9. The summed E-state index contributed by atoms with van der Waals surface area (Å²) in [7, 11) is 3.75. The first kappa shape index (κ1) is 22.7. The number of ether oxygens (including phenoxy) is 1. The van der Waals surface area contributed by atoms with Gasteiger partial charge < -0.3 is 9.64 Å². The van der Waals surface area contributed by atoms with Crippen molar-refractivity contribution in [1.82, 2.24) is 4.90 Å². The highest BCUT2D eigenvalue weighted by Gasteiger charge is 2.21. The molecular formula is C19H18ClF4NO2. The number of halogens is 5. The van der Waals surface area contributed by atoms with Gasteiger partial charge in [-0.25, -0.2) is 17.6 Å². The molecule has 0 aliphatic rings. The highest BCUT2D eigenvalue weighted by Crippen LogP contribution is 2.24. The molecule has 0 saturated heterocycles. The number of hydrogen-bond acceptors (Lipinski definition) is 3. The Morgan fingerprint density at radius 2 is 1.63 bits per heavy atom. The minimum Gasteiger partial charge on any atom is -0.486 e. The Morgan fingerprint density at radius 1 is 0.963 bits per heavy atom. The lowest BCUT2D eigenvalue weighted by Gasteiger charge is -2.09. The minimum atomic E-state index is -1.15. The predicted octanol–water partition coefficient (Wildman–Crippen LogP) is 4.39. The number of benzene rings is 2. The topological polar surface area (TPSA) is 29.5 Å². The molecule has 0 aliphatic carbocycles. The number of hydrogen-bond donors (Lipinski definition) is 0. The summed E-state index contributed by atoms with van der Waals surface area (Å²) in [5.41, 5.74) is -1.21. The van der Waals surface area contributed by atoms with Gasteiger partial charge in [0.05, 0.1) is 11.1 Å². The van der Waals surface area contributed by atoms with E-state index in [0.717, 1.165) is 18.2 Å². The van der Waals surface area contributed by atoms with Crippen molar-refractivity contribution < 1.29 is 27.1 Å². The SMILES string of the molecule is CN(C)CC=CCOc1cc(F)c(C(=O)c2ccc(F)cc2F)cc1F.Cl. The fourth-order valence-corrected chi connectivity index (χ4v) is 2.12. The maximum absolute atomic E-state index is 14.2. The van der Waals surface area contributed by atoms with E-state index < -0.39 is 40.2 Å². The van der Waals surface area contributed by atoms with Gasteiger partial charge in [-0.1, -0.05) is 12.2 Å². The maximum atomic E-state index is 14.2. The lowest BCUT2D eigenvalue weighted by atomic mass is 10.0. The monoisotopic (exact) mass is 403 g/mol. The fourth-order valence-electron chi connectivity index (χ4n) is 2.12. The fraction of sp³-hybridized carbons (Fsp3) is 0.211. The Morgan fingerprint density at radius 3 is 2.26 bits per heavy atom. The smallest absolute Gasteiger partial charge is 0.199 e. The number of likely N-dealkylation sites (N-methyl/N-ethyl adjacent to an activating group) is 1. The lowest BCUT2D eigenvalue weighted by Crippen LogP contribution is -2.11. The second-order valence-corrected chi connectivity index (χ2v) is 5.76. The molecule has 27 heavy (non-hydrogen) atoms. The standard InChI is InChI=1S/C19H17F4NO2.ClH/c1-24(2)7-3-4-8-26-18-11-16(22)14(10-17(18)23)19(25)13-6-5-12(20)9-15(13)21;/h3-6,9-11H,7-8H2,1-2H3;1H. The molecule has 0 bridgehead atoms. The molecule has 0 radical (unpaired) electrons. The number of rotatable bonds is 7. The van der Waals surface area contributed by atoms with E-state index >= 15 is 0 Å². The molecule has 2 aromatic rings. The van der Waals surface area contributed by atoms with E-state index in [1.54, 1.807) is 12.2 Å². The van der Waals surface area contributed by atoms with E-state index in [-0.39, 0.29) is 24.8 Å². The summed E-state index contributed by atoms with van der Waals surface area (Å²) >= 11 is 0. The molecule has 8 heteroatoms. The summed E-state index contributed by atoms with van der Waals surface area (Å²) in [6, 6.07) is 3.61. The molecule has 3 nitrogen and oxygen atoms in total. The Kier molecular flexibility index (Phi) is 8.46. The molecule has 0 fully saturated rings. The van der Waals surface area contributed by atoms with Gasteiger partial charge >= 0.3 is 0 Å². The zero-order valence-electron chi connectivity index (χ0n) is 14.6. The van der Waals surface area contributed by atoms with Crippen LogP contribution in [0.5, 0.6) is 5.75 Å². The molecule has 0 spiro atoms. The third-order valence-electron chi connectivity index (χ3n) is 3.41. The third-order valence-corrected chi connectivity index (χ3v) is 3.41. The van der Waals surface area contributed by atoms with E-state index in [2.05, 4.69) is 0 Å². The van der Waals surface area contributed by atoms with Crippen LogP contribution in [0.15, 0.2) is 42.5 Å². The van der Waals surface area contributed by atoms with Gasteiger partial charge in [-0.2, -0.15) is 0 Å². The van der Waals surface area contributed by atoms with Crippen molar-refractivity contribution in [3.05, 3.63) is 76.9 Å². The van der Waals surface area contributed by atoms with Gasteiger partial charge in [-0.15, -0.1) is 12.4 Å². The van der Waals surface area contributed by atoms with Crippen molar-refractivity contribution in [2.24, 2.45) is 0 Å². The van der Waals surface area contributed by atoms with Crippen molar-refractivity contribution in [3.63, 3.8) is 0 Å². The van der Waals surface area contributed by atoms with E-state index in [1.165, 1.54) is 0 Å². The summed E-state index contributed by atoms with van der Waals surface area (Å²) in [5.74, 6) is -5.51. The molecule has 0 heterocycles. The molecule has 0 unspecified atom stereocenters. The van der Waals surface area contributed by atoms with Crippen LogP contribution in [-0.2, 0) is 0 Å². The Bertz CT molecular complexity index is 841. The van der Waals surface area contributed by atoms with Gasteiger partial charge in [0.2, 0.25) is 0 Å². The Hall–Kier alpha value is -2.38. The molecule has 0 atom stereocenters. The molecule has 0 saturated carbocycles. The number of carbonyl (C=O) groups is 1. The van der Waals surface area contributed by atoms with Crippen LogP contribution in [0.2, 0.25) is 0 Å². The summed E-state index contributed by atoms with van der Waals surface area (Å²) < 4.78 is 60.0. The van der Waals surface area contributed by atoms with Crippen molar-refractivity contribution in [3.8, 4) is 5.75 Å². The maximum Gasteiger partial charge on any atom is 0.199 e. The zero-order chi connectivity index (χ0) is 19.3. The number of ketones is 1. The summed E-state index contributed by atoms with van der Waals surface area (Å²) in [6.45, 7) is 0.682. The van der Waals surface area contributed by atoms with E-state index in [0.29, 0.717) is 18.7 Å². The van der Waals surface area contributed by atoms with Gasteiger partial charge in [0.25, 0.3) is 0 Å². The summed E-state index contributed by atoms with van der Waals surface area (Å²) in [5, 5.41) is 0. The predicted molar refractivity (Wildman–Crippen MR) is 96.6 cm³/mol. The molecule has 2 aromatic carbocycles. The van der Waals surface area contributed by atoms with Crippen LogP contribution in [0.1, 0.15) is 15.9 Å². The molecule has 0 N–H and O–H groups in total. The Labute approximate surface area is 160 Å². The van der Waals surface area contributed by atoms with Crippen LogP contribution < -0.4 is 4.74 Å². The molecule has 0 amide bonds. The molecule has 0 aliphatic heterocycles. The van der Waals surface area contributed by atoms with Gasteiger partial charge in [0.1, 0.15) is 24.1 Å². The lowest BCUT2D eigenvalue weighted by molar-refractivity contribution is 0.103. The average molecular weight is 404 g/mol. The quantitative estimate of drug-likeness (QED) is 0.390. The first-order valence-electron chi connectivity index (χ1n) is 7.71. The van der Waals surface area contributed by atoms with Gasteiger partial charge in [-0.05, 0) is 32.3 Å². The van der Waals surface area contributed by atoms with Crippen molar-refractivity contribution in [2.45, 2.75) is 0 Å².